The van der Waals surface area contributed by atoms with Gasteiger partial charge in [-0.25, -0.2) is 0 Å². The van der Waals surface area contributed by atoms with Gasteiger partial charge in [-0.1, -0.05) is 17.3 Å². The molecule has 1 aromatic heterocycles. The first-order valence-electron chi connectivity index (χ1n) is 6.62. The quantitative estimate of drug-likeness (QED) is 0.781. The average Bonchev–Trinajstić information content (AvgIpc) is 2.90. The highest BCUT2D eigenvalue weighted by Crippen LogP contribution is 2.25. The molecule has 0 spiro atoms. The summed E-state index contributed by atoms with van der Waals surface area (Å²) in [5.74, 6) is 1.55. The van der Waals surface area contributed by atoms with E-state index in [2.05, 4.69) is 15.5 Å². The van der Waals surface area contributed by atoms with Crippen molar-refractivity contribution >= 4 is 30.1 Å². The maximum atomic E-state index is 12.2. The van der Waals surface area contributed by atoms with Gasteiger partial charge in [0.2, 0.25) is 5.89 Å². The SMILES string of the molecule is Cc1noc(CSc2ccccc2C(=O)N[C@@H](C)CN)n1.Cl. The third kappa shape index (κ3) is 5.01. The van der Waals surface area contributed by atoms with Crippen LogP contribution >= 0.6 is 24.2 Å². The Kier molecular flexibility index (Phi) is 7.37. The summed E-state index contributed by atoms with van der Waals surface area (Å²) in [5.41, 5.74) is 6.15. The van der Waals surface area contributed by atoms with E-state index in [-0.39, 0.29) is 24.4 Å². The van der Waals surface area contributed by atoms with Crippen molar-refractivity contribution in [3.05, 3.63) is 41.5 Å². The first-order valence-corrected chi connectivity index (χ1v) is 7.60. The summed E-state index contributed by atoms with van der Waals surface area (Å²) in [6, 6.07) is 7.36. The molecule has 0 saturated carbocycles. The highest BCUT2D eigenvalue weighted by molar-refractivity contribution is 7.98. The number of thioether (sulfide) groups is 1. The lowest BCUT2D eigenvalue weighted by molar-refractivity contribution is 0.0938. The number of benzene rings is 1. The molecule has 120 valence electrons. The molecule has 1 atom stereocenters. The Morgan fingerprint density at radius 3 is 2.82 bits per heavy atom. The number of nitrogens with one attached hydrogen (secondary N) is 1. The van der Waals surface area contributed by atoms with E-state index in [0.717, 1.165) is 4.90 Å². The second-order valence-electron chi connectivity index (χ2n) is 4.63. The molecule has 0 aliphatic heterocycles. The monoisotopic (exact) mass is 342 g/mol. The molecule has 0 bridgehead atoms. The number of aryl methyl sites for hydroxylation is 1. The Morgan fingerprint density at radius 2 is 2.18 bits per heavy atom. The van der Waals surface area contributed by atoms with Gasteiger partial charge in [-0.15, -0.1) is 24.2 Å². The third-order valence-electron chi connectivity index (χ3n) is 2.78. The topological polar surface area (TPSA) is 94.0 Å². The minimum Gasteiger partial charge on any atom is -0.348 e. The van der Waals surface area contributed by atoms with Crippen molar-refractivity contribution in [2.75, 3.05) is 6.54 Å². The number of halogens is 1. The van der Waals surface area contributed by atoms with E-state index < -0.39 is 0 Å². The highest BCUT2D eigenvalue weighted by atomic mass is 35.5. The predicted molar refractivity (Wildman–Crippen MR) is 88.3 cm³/mol. The molecule has 3 N–H and O–H groups in total. The van der Waals surface area contributed by atoms with Crippen LogP contribution in [0.1, 0.15) is 29.0 Å². The van der Waals surface area contributed by atoms with Crippen LogP contribution in [-0.2, 0) is 5.75 Å². The van der Waals surface area contributed by atoms with Crippen LogP contribution in [0, 0.1) is 6.92 Å². The van der Waals surface area contributed by atoms with Crippen molar-refractivity contribution in [2.45, 2.75) is 30.5 Å². The van der Waals surface area contributed by atoms with Crippen LogP contribution < -0.4 is 11.1 Å². The molecule has 0 radical (unpaired) electrons. The van der Waals surface area contributed by atoms with Crippen LogP contribution in [0.5, 0.6) is 0 Å². The average molecular weight is 343 g/mol. The summed E-state index contributed by atoms with van der Waals surface area (Å²) in [6.07, 6.45) is 0. The van der Waals surface area contributed by atoms with Gasteiger partial charge < -0.3 is 15.6 Å². The predicted octanol–water partition coefficient (Wildman–Crippen LogP) is 2.17. The van der Waals surface area contributed by atoms with Crippen LogP contribution in [0.4, 0.5) is 0 Å². The molecule has 1 aromatic carbocycles. The normalized spacial score (nSPS) is 11.6. The smallest absolute Gasteiger partial charge is 0.252 e. The van der Waals surface area contributed by atoms with Crippen molar-refractivity contribution in [3.8, 4) is 0 Å². The number of amides is 1. The van der Waals surface area contributed by atoms with E-state index >= 15 is 0 Å². The molecule has 0 saturated heterocycles. The van der Waals surface area contributed by atoms with Gasteiger partial charge in [-0.2, -0.15) is 4.98 Å². The molecule has 6 nitrogen and oxygen atoms in total. The van der Waals surface area contributed by atoms with Crippen molar-refractivity contribution < 1.29 is 9.32 Å². The van der Waals surface area contributed by atoms with Gasteiger partial charge in [0, 0.05) is 17.5 Å². The number of aromatic nitrogens is 2. The fourth-order valence-corrected chi connectivity index (χ4v) is 2.57. The van der Waals surface area contributed by atoms with Gasteiger partial charge in [0.1, 0.15) is 0 Å². The summed E-state index contributed by atoms with van der Waals surface area (Å²) in [4.78, 5) is 17.2. The number of carbonyl (C=O) groups excluding carboxylic acids is 1. The Hall–Kier alpha value is -1.57. The molecule has 0 aliphatic carbocycles. The van der Waals surface area contributed by atoms with E-state index in [1.165, 1.54) is 11.8 Å². The number of nitrogens with zero attached hydrogens (tertiary/aromatic N) is 2. The molecule has 8 heteroatoms. The van der Waals surface area contributed by atoms with E-state index in [1.54, 1.807) is 13.0 Å². The molecule has 0 aliphatic rings. The number of hydrogen-bond acceptors (Lipinski definition) is 6. The minimum atomic E-state index is -0.127. The third-order valence-corrected chi connectivity index (χ3v) is 3.84. The summed E-state index contributed by atoms with van der Waals surface area (Å²) in [7, 11) is 0. The highest BCUT2D eigenvalue weighted by Gasteiger charge is 2.14. The van der Waals surface area contributed by atoms with Gasteiger partial charge in [-0.05, 0) is 26.0 Å². The van der Waals surface area contributed by atoms with Gasteiger partial charge in [0.25, 0.3) is 5.91 Å². The number of rotatable bonds is 6. The Morgan fingerprint density at radius 1 is 1.45 bits per heavy atom. The first-order chi connectivity index (χ1) is 10.1. The molecule has 0 fully saturated rings. The van der Waals surface area contributed by atoms with E-state index in [0.29, 0.717) is 29.6 Å². The zero-order valence-corrected chi connectivity index (χ0v) is 14.0. The Labute approximate surface area is 139 Å². The van der Waals surface area contributed by atoms with Crippen molar-refractivity contribution in [1.29, 1.82) is 0 Å². The van der Waals surface area contributed by atoms with Gasteiger partial charge in [0.15, 0.2) is 5.82 Å². The molecule has 22 heavy (non-hydrogen) atoms. The summed E-state index contributed by atoms with van der Waals surface area (Å²) < 4.78 is 5.07. The van der Waals surface area contributed by atoms with Crippen LogP contribution in [-0.4, -0.2) is 28.6 Å². The van der Waals surface area contributed by atoms with Crippen LogP contribution in [0.15, 0.2) is 33.7 Å². The molecule has 1 heterocycles. The molecule has 0 unspecified atom stereocenters. The summed E-state index contributed by atoms with van der Waals surface area (Å²) in [6.45, 7) is 4.05. The molecule has 2 aromatic rings. The van der Waals surface area contributed by atoms with Crippen LogP contribution in [0.25, 0.3) is 0 Å². The van der Waals surface area contributed by atoms with Gasteiger partial charge in [-0.3, -0.25) is 4.79 Å². The molecule has 1 amide bonds. The molecule has 2 rings (SSSR count). The standard InChI is InChI=1S/C14H18N4O2S.ClH/c1-9(7-15)16-14(19)11-5-3-4-6-12(11)21-8-13-17-10(2)18-20-13;/h3-6,9H,7-8,15H2,1-2H3,(H,16,19);1H/t9-;/m0./s1. The fourth-order valence-electron chi connectivity index (χ4n) is 1.68. The van der Waals surface area contributed by atoms with E-state index in [1.807, 2.05) is 25.1 Å². The maximum Gasteiger partial charge on any atom is 0.252 e. The Bertz CT molecular complexity index is 620. The number of carbonyl (C=O) groups is 1. The fraction of sp³-hybridized carbons (Fsp3) is 0.357. The minimum absolute atomic E-state index is 0. The first kappa shape index (κ1) is 18.5. The zero-order valence-electron chi connectivity index (χ0n) is 12.4. The van der Waals surface area contributed by atoms with E-state index in [4.69, 9.17) is 10.3 Å². The largest absolute Gasteiger partial charge is 0.348 e. The number of hydrogen-bond donors (Lipinski definition) is 2. The Balaban J connectivity index is 0.00000242. The maximum absolute atomic E-state index is 12.2. The summed E-state index contributed by atoms with van der Waals surface area (Å²) >= 11 is 1.49. The van der Waals surface area contributed by atoms with Crippen LogP contribution in [0.3, 0.4) is 0 Å². The van der Waals surface area contributed by atoms with Crippen LogP contribution in [0.2, 0.25) is 0 Å². The lowest BCUT2D eigenvalue weighted by atomic mass is 10.2. The van der Waals surface area contributed by atoms with Gasteiger partial charge >= 0.3 is 0 Å². The van der Waals surface area contributed by atoms with Crippen molar-refractivity contribution in [3.63, 3.8) is 0 Å². The number of nitrogens with two attached hydrogens (primary N) is 1. The lowest BCUT2D eigenvalue weighted by Gasteiger charge is -2.13. The summed E-state index contributed by atoms with van der Waals surface area (Å²) in [5, 5.41) is 6.60. The lowest BCUT2D eigenvalue weighted by Crippen LogP contribution is -2.37. The second kappa shape index (κ2) is 8.77. The zero-order chi connectivity index (χ0) is 15.2. The van der Waals surface area contributed by atoms with Crippen molar-refractivity contribution in [2.24, 2.45) is 5.73 Å². The van der Waals surface area contributed by atoms with Crippen molar-refractivity contribution in [1.82, 2.24) is 15.5 Å². The molecular formula is C14H19ClN4O2S. The molecular weight excluding hydrogens is 324 g/mol. The second-order valence-corrected chi connectivity index (χ2v) is 5.65. The van der Waals surface area contributed by atoms with E-state index in [9.17, 15) is 4.79 Å². The van der Waals surface area contributed by atoms with Gasteiger partial charge in [0.05, 0.1) is 11.3 Å².